The molecule has 26 heavy (non-hydrogen) atoms. The molecular weight excluding hydrogens is 337 g/mol. The van der Waals surface area contributed by atoms with Crippen molar-refractivity contribution in [3.8, 4) is 0 Å². The molecule has 1 amide bonds. The van der Waals surface area contributed by atoms with Gasteiger partial charge in [-0.2, -0.15) is 0 Å². The first-order chi connectivity index (χ1) is 12.4. The molecular formula is C20H20FNO4. The van der Waals surface area contributed by atoms with Crippen LogP contribution < -0.4 is 5.32 Å². The normalized spacial score (nSPS) is 10.3. The van der Waals surface area contributed by atoms with Crippen molar-refractivity contribution in [3.05, 3.63) is 65.0 Å². The van der Waals surface area contributed by atoms with Crippen LogP contribution in [0, 0.1) is 19.7 Å². The third-order valence-electron chi connectivity index (χ3n) is 3.76. The minimum atomic E-state index is -0.660. The summed E-state index contributed by atoms with van der Waals surface area (Å²) in [6.45, 7) is 3.18. The average molecular weight is 357 g/mol. The van der Waals surface area contributed by atoms with Crippen molar-refractivity contribution in [3.63, 3.8) is 0 Å². The lowest BCUT2D eigenvalue weighted by molar-refractivity contribution is -0.147. The lowest BCUT2D eigenvalue weighted by Crippen LogP contribution is -2.21. The Balaban J connectivity index is 1.78. The van der Waals surface area contributed by atoms with E-state index in [-0.39, 0.29) is 24.3 Å². The smallest absolute Gasteiger partial charge is 0.306 e. The van der Waals surface area contributed by atoms with Crippen molar-refractivity contribution < 1.29 is 23.5 Å². The van der Waals surface area contributed by atoms with Crippen molar-refractivity contribution in [2.45, 2.75) is 26.7 Å². The van der Waals surface area contributed by atoms with Gasteiger partial charge in [-0.25, -0.2) is 4.39 Å². The predicted molar refractivity (Wildman–Crippen MR) is 95.5 cm³/mol. The second kappa shape index (κ2) is 8.89. The maximum Gasteiger partial charge on any atom is 0.306 e. The average Bonchev–Trinajstić information content (AvgIpc) is 2.62. The number of nitrogens with one attached hydrogen (secondary N) is 1. The number of benzene rings is 2. The number of carbonyl (C=O) groups excluding carboxylic acids is 3. The molecule has 2 rings (SSSR count). The van der Waals surface area contributed by atoms with Crippen LogP contribution in [0.25, 0.3) is 0 Å². The fourth-order valence-corrected chi connectivity index (χ4v) is 2.35. The van der Waals surface area contributed by atoms with E-state index in [1.165, 1.54) is 18.2 Å². The van der Waals surface area contributed by atoms with E-state index < -0.39 is 24.3 Å². The van der Waals surface area contributed by atoms with Gasteiger partial charge in [-0.1, -0.05) is 29.8 Å². The molecule has 0 aliphatic rings. The summed E-state index contributed by atoms with van der Waals surface area (Å²) in [6, 6.07) is 11.2. The van der Waals surface area contributed by atoms with Crippen LogP contribution in [0.4, 0.5) is 10.1 Å². The van der Waals surface area contributed by atoms with Gasteiger partial charge < -0.3 is 10.1 Å². The second-order valence-corrected chi connectivity index (χ2v) is 5.93. The molecule has 0 aliphatic carbocycles. The first kappa shape index (κ1) is 19.3. The number of carbonyl (C=O) groups is 3. The van der Waals surface area contributed by atoms with E-state index in [4.69, 9.17) is 4.74 Å². The summed E-state index contributed by atoms with van der Waals surface area (Å²) in [5.41, 5.74) is 2.40. The minimum Gasteiger partial charge on any atom is -0.456 e. The molecule has 0 fully saturated rings. The number of esters is 1. The van der Waals surface area contributed by atoms with Crippen LogP contribution in [0.15, 0.2) is 42.5 Å². The SMILES string of the molecule is Cc1ccc(C)c(C(=O)CCC(=O)OCC(=O)Nc2ccccc2F)c1. The number of hydrogen-bond acceptors (Lipinski definition) is 4. The quantitative estimate of drug-likeness (QED) is 0.607. The zero-order valence-corrected chi connectivity index (χ0v) is 14.7. The fourth-order valence-electron chi connectivity index (χ4n) is 2.35. The first-order valence-corrected chi connectivity index (χ1v) is 8.17. The summed E-state index contributed by atoms with van der Waals surface area (Å²) in [7, 11) is 0. The van der Waals surface area contributed by atoms with E-state index in [1.807, 2.05) is 26.0 Å². The molecule has 0 aromatic heterocycles. The summed E-state index contributed by atoms with van der Waals surface area (Å²) in [4.78, 5) is 35.6. The van der Waals surface area contributed by atoms with Crippen LogP contribution >= 0.6 is 0 Å². The maximum atomic E-state index is 13.4. The lowest BCUT2D eigenvalue weighted by Gasteiger charge is -2.08. The second-order valence-electron chi connectivity index (χ2n) is 5.93. The Labute approximate surface area is 151 Å². The summed E-state index contributed by atoms with van der Waals surface area (Å²) < 4.78 is 18.3. The van der Waals surface area contributed by atoms with Gasteiger partial charge in [-0.05, 0) is 37.6 Å². The van der Waals surface area contributed by atoms with Gasteiger partial charge in [0.05, 0.1) is 12.1 Å². The third kappa shape index (κ3) is 5.51. The van der Waals surface area contributed by atoms with Crippen LogP contribution in [-0.2, 0) is 14.3 Å². The van der Waals surface area contributed by atoms with Gasteiger partial charge in [-0.15, -0.1) is 0 Å². The van der Waals surface area contributed by atoms with E-state index in [0.29, 0.717) is 5.56 Å². The molecule has 0 atom stereocenters. The number of hydrogen-bond donors (Lipinski definition) is 1. The molecule has 136 valence electrons. The summed E-state index contributed by atoms with van der Waals surface area (Å²) in [5, 5.41) is 2.31. The Morgan fingerprint density at radius 3 is 2.50 bits per heavy atom. The van der Waals surface area contributed by atoms with Gasteiger partial charge >= 0.3 is 5.97 Å². The molecule has 0 aliphatic heterocycles. The molecule has 2 aromatic rings. The van der Waals surface area contributed by atoms with Crippen molar-refractivity contribution in [1.82, 2.24) is 0 Å². The molecule has 6 heteroatoms. The molecule has 5 nitrogen and oxygen atoms in total. The van der Waals surface area contributed by atoms with Gasteiger partial charge in [0.15, 0.2) is 12.4 Å². The number of para-hydroxylation sites is 1. The molecule has 0 radical (unpaired) electrons. The zero-order chi connectivity index (χ0) is 19.1. The van der Waals surface area contributed by atoms with Gasteiger partial charge in [0, 0.05) is 12.0 Å². The standard InChI is InChI=1S/C20H20FNO4/c1-13-7-8-14(2)15(11-13)18(23)9-10-20(25)26-12-19(24)22-17-6-4-3-5-16(17)21/h3-8,11H,9-10,12H2,1-2H3,(H,22,24). The predicted octanol–water partition coefficient (Wildman–Crippen LogP) is 3.59. The third-order valence-corrected chi connectivity index (χ3v) is 3.76. The topological polar surface area (TPSA) is 72.5 Å². The number of ketones is 1. The fraction of sp³-hybridized carbons (Fsp3) is 0.250. The van der Waals surface area contributed by atoms with Gasteiger partial charge in [0.1, 0.15) is 5.82 Å². The van der Waals surface area contributed by atoms with Crippen molar-refractivity contribution in [2.24, 2.45) is 0 Å². The highest BCUT2D eigenvalue weighted by Crippen LogP contribution is 2.14. The number of rotatable bonds is 7. The van der Waals surface area contributed by atoms with Crippen molar-refractivity contribution >= 4 is 23.3 Å². The van der Waals surface area contributed by atoms with Crippen molar-refractivity contribution in [2.75, 3.05) is 11.9 Å². The highest BCUT2D eigenvalue weighted by Gasteiger charge is 2.14. The molecule has 2 aromatic carbocycles. The molecule has 0 saturated carbocycles. The highest BCUT2D eigenvalue weighted by atomic mass is 19.1. The lowest BCUT2D eigenvalue weighted by atomic mass is 9.99. The van der Waals surface area contributed by atoms with E-state index in [0.717, 1.165) is 11.1 Å². The van der Waals surface area contributed by atoms with Gasteiger partial charge in [-0.3, -0.25) is 14.4 Å². The molecule has 0 bridgehead atoms. The zero-order valence-electron chi connectivity index (χ0n) is 14.7. The largest absolute Gasteiger partial charge is 0.456 e. The number of halogens is 1. The highest BCUT2D eigenvalue weighted by molar-refractivity contribution is 5.99. The van der Waals surface area contributed by atoms with Crippen LogP contribution in [0.2, 0.25) is 0 Å². The number of ether oxygens (including phenoxy) is 1. The monoisotopic (exact) mass is 357 g/mol. The number of aryl methyl sites for hydroxylation is 2. The van der Waals surface area contributed by atoms with E-state index in [2.05, 4.69) is 5.32 Å². The summed E-state index contributed by atoms with van der Waals surface area (Å²) in [5.74, 6) is -2.04. The summed E-state index contributed by atoms with van der Waals surface area (Å²) in [6.07, 6.45) is -0.128. The van der Waals surface area contributed by atoms with Crippen LogP contribution in [-0.4, -0.2) is 24.3 Å². The Bertz CT molecular complexity index is 832. The maximum absolute atomic E-state index is 13.4. The minimum absolute atomic E-state index is 0.00193. The van der Waals surface area contributed by atoms with E-state index >= 15 is 0 Å². The summed E-state index contributed by atoms with van der Waals surface area (Å²) >= 11 is 0. The molecule has 1 N–H and O–H groups in total. The van der Waals surface area contributed by atoms with Crippen LogP contribution in [0.1, 0.15) is 34.3 Å². The number of amides is 1. The molecule has 0 spiro atoms. The van der Waals surface area contributed by atoms with Gasteiger partial charge in [0.2, 0.25) is 0 Å². The van der Waals surface area contributed by atoms with E-state index in [1.54, 1.807) is 12.1 Å². The van der Waals surface area contributed by atoms with Crippen molar-refractivity contribution in [1.29, 1.82) is 0 Å². The van der Waals surface area contributed by atoms with Gasteiger partial charge in [0.25, 0.3) is 5.91 Å². The first-order valence-electron chi connectivity index (χ1n) is 8.17. The number of Topliss-reactive ketones (excluding diaryl/α,β-unsaturated/α-hetero) is 1. The Morgan fingerprint density at radius 2 is 1.77 bits per heavy atom. The molecule has 0 saturated heterocycles. The van der Waals surface area contributed by atoms with Crippen LogP contribution in [0.3, 0.4) is 0 Å². The number of anilines is 1. The molecule has 0 unspecified atom stereocenters. The Morgan fingerprint density at radius 1 is 1.04 bits per heavy atom. The van der Waals surface area contributed by atoms with E-state index in [9.17, 15) is 18.8 Å². The van der Waals surface area contributed by atoms with Crippen LogP contribution in [0.5, 0.6) is 0 Å². The Kier molecular flexibility index (Phi) is 6.60. The Hall–Kier alpha value is -3.02. The molecule has 0 heterocycles.